The van der Waals surface area contributed by atoms with Crippen LogP contribution in [0.1, 0.15) is 6.42 Å². The molecule has 0 radical (unpaired) electrons. The first-order valence-electron chi connectivity index (χ1n) is 4.03. The lowest BCUT2D eigenvalue weighted by Gasteiger charge is -2.37. The van der Waals surface area contributed by atoms with Crippen LogP contribution in [0.4, 0.5) is 0 Å². The quantitative estimate of drug-likeness (QED) is 0.333. The molecule has 0 aromatic rings. The Hall–Kier alpha value is -0.730. The molecule has 0 spiro atoms. The van der Waals surface area contributed by atoms with Crippen molar-refractivity contribution in [3.05, 3.63) is 0 Å². The molecule has 0 bridgehead atoms. The molecule has 0 aromatic heterocycles. The predicted octanol–water partition coefficient (Wildman–Crippen LogP) is -2.74. The van der Waals surface area contributed by atoms with Gasteiger partial charge in [-0.15, -0.1) is 0 Å². The molecule has 0 aromatic carbocycles. The van der Waals surface area contributed by atoms with Crippen molar-refractivity contribution >= 4 is 5.97 Å². The average molecular weight is 208 g/mol. The Balaban J connectivity index is 2.65. The molecule has 14 heavy (non-hydrogen) atoms. The van der Waals surface area contributed by atoms with Gasteiger partial charge in [0.2, 0.25) is 0 Å². The molecule has 7 nitrogen and oxygen atoms in total. The van der Waals surface area contributed by atoms with Gasteiger partial charge in [0, 0.05) is 0 Å². The summed E-state index contributed by atoms with van der Waals surface area (Å²) in [4.78, 5) is 10.3. The van der Waals surface area contributed by atoms with E-state index in [2.05, 4.69) is 4.74 Å². The molecule has 0 saturated carbocycles. The molecular formula is C7H12O7. The summed E-state index contributed by atoms with van der Waals surface area (Å²) >= 11 is 0. The summed E-state index contributed by atoms with van der Waals surface area (Å²) in [5, 5.41) is 44.9. The van der Waals surface area contributed by atoms with E-state index in [-0.39, 0.29) is 0 Å². The largest absolute Gasteiger partial charge is 0.481 e. The topological polar surface area (TPSA) is 127 Å². The minimum Gasteiger partial charge on any atom is -0.481 e. The summed E-state index contributed by atoms with van der Waals surface area (Å²) in [6, 6.07) is 0. The molecule has 1 aliphatic rings. The number of aliphatic carboxylic acids is 1. The Morgan fingerprint density at radius 1 is 1.07 bits per heavy atom. The Labute approximate surface area is 79.2 Å². The van der Waals surface area contributed by atoms with E-state index >= 15 is 0 Å². The Morgan fingerprint density at radius 3 is 2.14 bits per heavy atom. The van der Waals surface area contributed by atoms with Gasteiger partial charge in [0.15, 0.2) is 6.29 Å². The van der Waals surface area contributed by atoms with E-state index in [1.54, 1.807) is 0 Å². The van der Waals surface area contributed by atoms with E-state index in [1.165, 1.54) is 0 Å². The van der Waals surface area contributed by atoms with Crippen LogP contribution in [0.3, 0.4) is 0 Å². The standard InChI is InChI=1S/C7H12O7/c8-3(9)1-2-4(10)5(11)6(12)7(13)14-2/h2,4-7,10-13H,1H2,(H,8,9)/t2-,4-,5+,6+,7?/m1/s1. The maximum absolute atomic E-state index is 10.3. The SMILES string of the molecule is O=C(O)C[C@H]1OC(O)[C@@H](O)[C@@H](O)[C@@H]1O. The number of hydrogen-bond acceptors (Lipinski definition) is 6. The van der Waals surface area contributed by atoms with Gasteiger partial charge in [-0.25, -0.2) is 0 Å². The number of carbonyl (C=O) groups is 1. The highest BCUT2D eigenvalue weighted by molar-refractivity contribution is 5.67. The maximum Gasteiger partial charge on any atom is 0.306 e. The van der Waals surface area contributed by atoms with Crippen LogP contribution >= 0.6 is 0 Å². The van der Waals surface area contributed by atoms with Crippen LogP contribution < -0.4 is 0 Å². The van der Waals surface area contributed by atoms with E-state index < -0.39 is 43.1 Å². The van der Waals surface area contributed by atoms with Crippen LogP contribution in [-0.4, -0.2) is 62.2 Å². The molecule has 5 atom stereocenters. The number of ether oxygens (including phenoxy) is 1. The van der Waals surface area contributed by atoms with E-state index in [0.717, 1.165) is 0 Å². The lowest BCUT2D eigenvalue weighted by Crippen LogP contribution is -2.57. The fourth-order valence-corrected chi connectivity index (χ4v) is 1.27. The van der Waals surface area contributed by atoms with Crippen molar-refractivity contribution in [1.29, 1.82) is 0 Å². The number of aliphatic hydroxyl groups is 4. The first kappa shape index (κ1) is 11.3. The van der Waals surface area contributed by atoms with Gasteiger partial charge >= 0.3 is 5.97 Å². The van der Waals surface area contributed by atoms with Crippen molar-refractivity contribution in [3.8, 4) is 0 Å². The van der Waals surface area contributed by atoms with E-state index in [0.29, 0.717) is 0 Å². The lowest BCUT2D eigenvalue weighted by molar-refractivity contribution is -0.282. The molecule has 1 fully saturated rings. The Morgan fingerprint density at radius 2 is 1.64 bits per heavy atom. The van der Waals surface area contributed by atoms with Gasteiger partial charge in [0.25, 0.3) is 0 Å². The lowest BCUT2D eigenvalue weighted by atomic mass is 9.97. The molecule has 5 N–H and O–H groups in total. The summed E-state index contributed by atoms with van der Waals surface area (Å²) in [5.41, 5.74) is 0. The van der Waals surface area contributed by atoms with Crippen molar-refractivity contribution in [3.63, 3.8) is 0 Å². The van der Waals surface area contributed by atoms with Crippen LogP contribution in [-0.2, 0) is 9.53 Å². The molecule has 1 heterocycles. The predicted molar refractivity (Wildman–Crippen MR) is 41.2 cm³/mol. The van der Waals surface area contributed by atoms with Crippen LogP contribution in [0.5, 0.6) is 0 Å². The van der Waals surface area contributed by atoms with E-state index in [4.69, 9.17) is 20.4 Å². The summed E-state index contributed by atoms with van der Waals surface area (Å²) < 4.78 is 4.61. The third-order valence-corrected chi connectivity index (χ3v) is 2.06. The van der Waals surface area contributed by atoms with Gasteiger partial charge in [0.1, 0.15) is 18.3 Å². The monoisotopic (exact) mass is 208 g/mol. The first-order valence-corrected chi connectivity index (χ1v) is 4.03. The molecule has 1 unspecified atom stereocenters. The molecular weight excluding hydrogens is 196 g/mol. The number of carboxylic acid groups (broad SMARTS) is 1. The highest BCUT2D eigenvalue weighted by Crippen LogP contribution is 2.21. The number of hydrogen-bond donors (Lipinski definition) is 5. The zero-order valence-corrected chi connectivity index (χ0v) is 7.15. The van der Waals surface area contributed by atoms with Crippen LogP contribution in [0, 0.1) is 0 Å². The molecule has 0 amide bonds. The third-order valence-electron chi connectivity index (χ3n) is 2.06. The van der Waals surface area contributed by atoms with E-state index in [9.17, 15) is 9.90 Å². The minimum atomic E-state index is -1.68. The van der Waals surface area contributed by atoms with Crippen LogP contribution in [0.25, 0.3) is 0 Å². The Kier molecular flexibility index (Phi) is 3.40. The molecule has 0 aliphatic carbocycles. The fourth-order valence-electron chi connectivity index (χ4n) is 1.27. The number of rotatable bonds is 2. The zero-order chi connectivity index (χ0) is 10.9. The van der Waals surface area contributed by atoms with Crippen LogP contribution in [0.2, 0.25) is 0 Å². The van der Waals surface area contributed by atoms with Crippen molar-refractivity contribution in [2.24, 2.45) is 0 Å². The van der Waals surface area contributed by atoms with Crippen molar-refractivity contribution in [2.45, 2.75) is 37.1 Å². The van der Waals surface area contributed by atoms with Gasteiger partial charge in [-0.1, -0.05) is 0 Å². The third kappa shape index (κ3) is 2.20. The average Bonchev–Trinajstić information content (AvgIpc) is 2.10. The smallest absolute Gasteiger partial charge is 0.306 e. The van der Waals surface area contributed by atoms with Crippen molar-refractivity contribution < 1.29 is 35.1 Å². The Bertz CT molecular complexity index is 218. The number of aliphatic hydroxyl groups excluding tert-OH is 4. The van der Waals surface area contributed by atoms with Crippen molar-refractivity contribution in [1.82, 2.24) is 0 Å². The summed E-state index contributed by atoms with van der Waals surface area (Å²) in [7, 11) is 0. The molecule has 1 saturated heterocycles. The summed E-state index contributed by atoms with van der Waals surface area (Å²) in [6.07, 6.45) is -8.22. The minimum absolute atomic E-state index is 0.554. The normalized spacial score (nSPS) is 43.6. The molecule has 7 heteroatoms. The van der Waals surface area contributed by atoms with Gasteiger partial charge in [-0.3, -0.25) is 4.79 Å². The molecule has 1 rings (SSSR count). The van der Waals surface area contributed by atoms with Gasteiger partial charge in [-0.05, 0) is 0 Å². The highest BCUT2D eigenvalue weighted by Gasteiger charge is 2.43. The molecule has 82 valence electrons. The highest BCUT2D eigenvalue weighted by atomic mass is 16.6. The van der Waals surface area contributed by atoms with Crippen LogP contribution in [0.15, 0.2) is 0 Å². The zero-order valence-electron chi connectivity index (χ0n) is 7.15. The summed E-state index contributed by atoms with van der Waals surface area (Å²) in [6.45, 7) is 0. The van der Waals surface area contributed by atoms with Gasteiger partial charge < -0.3 is 30.3 Å². The second-order valence-electron chi connectivity index (χ2n) is 3.13. The van der Waals surface area contributed by atoms with Crippen molar-refractivity contribution in [2.75, 3.05) is 0 Å². The summed E-state index contributed by atoms with van der Waals surface area (Å²) in [5.74, 6) is -1.23. The second-order valence-corrected chi connectivity index (χ2v) is 3.13. The maximum atomic E-state index is 10.3. The van der Waals surface area contributed by atoms with E-state index in [1.807, 2.05) is 0 Å². The van der Waals surface area contributed by atoms with Gasteiger partial charge in [0.05, 0.1) is 12.5 Å². The fraction of sp³-hybridized carbons (Fsp3) is 0.857. The second kappa shape index (κ2) is 4.20. The first-order chi connectivity index (χ1) is 6.43. The number of carboxylic acids is 1. The molecule has 1 aliphatic heterocycles. The van der Waals surface area contributed by atoms with Gasteiger partial charge in [-0.2, -0.15) is 0 Å².